The van der Waals surface area contributed by atoms with E-state index in [9.17, 15) is 39.5 Å². The number of H-pyrrole nitrogens is 1. The summed E-state index contributed by atoms with van der Waals surface area (Å²) in [7, 11) is -4.61. The van der Waals surface area contributed by atoms with E-state index in [-0.39, 0.29) is 24.3 Å². The van der Waals surface area contributed by atoms with Crippen LogP contribution in [0.3, 0.4) is 0 Å². The van der Waals surface area contributed by atoms with Crippen LogP contribution in [0.5, 0.6) is 0 Å². The Balaban J connectivity index is 1.51. The standard InChI is InChI=1S/C18H28N5O12PS/c1-8-5-23(18(29)20-16(8)28)12-4-9(21-22-19)11(34-12)7-33-36(30,31)32-2-3-37-17-15(27)14(26)13(25)10(6-24)35-17/h5,9-15,17,24-27H,2-4,6-7H2,1H3,(H,30,31)(H,20,28,29)/t9-,10-,11-,12-,13-,14+,15-,17+/m1/s1. The second kappa shape index (κ2) is 12.8. The summed E-state index contributed by atoms with van der Waals surface area (Å²) in [5.41, 5.74) is 6.75. The Labute approximate surface area is 213 Å². The van der Waals surface area contributed by atoms with Crippen molar-refractivity contribution in [2.45, 2.75) is 61.6 Å². The number of hydrogen-bond acceptors (Lipinski definition) is 13. The molecule has 1 unspecified atom stereocenters. The number of rotatable bonds is 11. The second-order valence-electron chi connectivity index (χ2n) is 8.28. The van der Waals surface area contributed by atoms with Crippen molar-refractivity contribution >= 4 is 19.6 Å². The van der Waals surface area contributed by atoms with Gasteiger partial charge >= 0.3 is 13.5 Å². The Morgan fingerprint density at radius 1 is 1.24 bits per heavy atom. The summed E-state index contributed by atoms with van der Waals surface area (Å²) in [6.45, 7) is 0.0400. The van der Waals surface area contributed by atoms with Crippen LogP contribution in [0, 0.1) is 6.92 Å². The van der Waals surface area contributed by atoms with Gasteiger partial charge in [-0.25, -0.2) is 9.36 Å². The highest BCUT2D eigenvalue weighted by Crippen LogP contribution is 2.44. The van der Waals surface area contributed by atoms with Crippen LogP contribution in [0.4, 0.5) is 0 Å². The molecule has 0 bridgehead atoms. The van der Waals surface area contributed by atoms with Crippen LogP contribution in [0.2, 0.25) is 0 Å². The first kappa shape index (κ1) is 29.8. The first-order valence-electron chi connectivity index (χ1n) is 11.0. The van der Waals surface area contributed by atoms with Crippen molar-refractivity contribution in [1.29, 1.82) is 0 Å². The topological polar surface area (TPSA) is 259 Å². The molecule has 0 amide bonds. The summed E-state index contributed by atoms with van der Waals surface area (Å²) in [6, 6.07) is -0.851. The van der Waals surface area contributed by atoms with Gasteiger partial charge in [0.2, 0.25) is 0 Å². The minimum absolute atomic E-state index is 0.00836. The van der Waals surface area contributed by atoms with E-state index >= 15 is 0 Å². The third kappa shape index (κ3) is 7.41. The predicted octanol–water partition coefficient (Wildman–Crippen LogP) is -1.52. The quantitative estimate of drug-likeness (QED) is 0.0582. The lowest BCUT2D eigenvalue weighted by Crippen LogP contribution is -2.57. The summed E-state index contributed by atoms with van der Waals surface area (Å²) in [5, 5.41) is 42.4. The molecule has 0 saturated carbocycles. The fraction of sp³-hybridized carbons (Fsp3) is 0.778. The average molecular weight is 569 g/mol. The number of nitrogens with one attached hydrogen (secondary N) is 1. The second-order valence-corrected chi connectivity index (χ2v) is 10.9. The molecule has 0 aliphatic carbocycles. The zero-order valence-corrected chi connectivity index (χ0v) is 21.2. The minimum Gasteiger partial charge on any atom is -0.394 e. The van der Waals surface area contributed by atoms with Gasteiger partial charge in [0.25, 0.3) is 5.56 Å². The number of thioether (sulfide) groups is 1. The zero-order valence-electron chi connectivity index (χ0n) is 19.5. The van der Waals surface area contributed by atoms with Gasteiger partial charge in [0.1, 0.15) is 36.1 Å². The number of aromatic amines is 1. The van der Waals surface area contributed by atoms with Gasteiger partial charge in [-0.15, -0.1) is 11.8 Å². The Morgan fingerprint density at radius 3 is 2.65 bits per heavy atom. The molecular formula is C18H28N5O12PS. The molecule has 19 heteroatoms. The van der Waals surface area contributed by atoms with E-state index < -0.39 is 80.5 Å². The molecule has 0 aromatic carbocycles. The molecule has 17 nitrogen and oxygen atoms in total. The molecular weight excluding hydrogens is 541 g/mol. The lowest BCUT2D eigenvalue weighted by Gasteiger charge is -2.39. The van der Waals surface area contributed by atoms with Crippen molar-refractivity contribution in [2.24, 2.45) is 5.11 Å². The summed E-state index contributed by atoms with van der Waals surface area (Å²) >= 11 is 0.918. The van der Waals surface area contributed by atoms with Crippen molar-refractivity contribution in [2.75, 3.05) is 25.6 Å². The zero-order chi connectivity index (χ0) is 27.3. The first-order valence-corrected chi connectivity index (χ1v) is 13.6. The normalized spacial score (nSPS) is 33.6. The van der Waals surface area contributed by atoms with E-state index in [1.165, 1.54) is 13.1 Å². The SMILES string of the molecule is Cc1cn([C@H]2C[C@@H](N=[N+]=[N-])[C@@H](COP(=O)(O)OCCS[C@@H]3O[C@H](CO)[C@@H](O)[C@H](O)[C@H]3O)O2)c(=O)[nH]c1=O. The maximum atomic E-state index is 12.3. The molecule has 37 heavy (non-hydrogen) atoms. The van der Waals surface area contributed by atoms with Gasteiger partial charge in [-0.1, -0.05) is 5.11 Å². The molecule has 0 spiro atoms. The molecule has 1 aromatic heterocycles. The highest BCUT2D eigenvalue weighted by Gasteiger charge is 2.43. The smallest absolute Gasteiger partial charge is 0.394 e. The van der Waals surface area contributed by atoms with Gasteiger partial charge in [-0.2, -0.15) is 0 Å². The summed E-state index contributed by atoms with van der Waals surface area (Å²) in [6.07, 6.45) is -6.22. The van der Waals surface area contributed by atoms with E-state index in [0.717, 1.165) is 16.3 Å². The minimum atomic E-state index is -4.61. The van der Waals surface area contributed by atoms with Crippen LogP contribution < -0.4 is 11.2 Å². The number of aliphatic hydroxyl groups excluding tert-OH is 4. The van der Waals surface area contributed by atoms with Gasteiger partial charge in [0.15, 0.2) is 0 Å². The molecule has 0 radical (unpaired) electrons. The van der Waals surface area contributed by atoms with Gasteiger partial charge in [-0.3, -0.25) is 23.4 Å². The number of nitrogens with zero attached hydrogens (tertiary/aromatic N) is 4. The van der Waals surface area contributed by atoms with E-state index in [2.05, 4.69) is 15.0 Å². The number of aryl methyl sites for hydroxylation is 1. The molecule has 2 aliphatic heterocycles. The first-order chi connectivity index (χ1) is 17.5. The van der Waals surface area contributed by atoms with Crippen molar-refractivity contribution in [3.05, 3.63) is 43.0 Å². The lowest BCUT2D eigenvalue weighted by atomic mass is 10.0. The third-order valence-electron chi connectivity index (χ3n) is 5.73. The fourth-order valence-electron chi connectivity index (χ4n) is 3.75. The Kier molecular flexibility index (Phi) is 10.3. The Hall–Kier alpha value is -1.79. The molecule has 9 atom stereocenters. The number of phosphoric acid groups is 1. The molecule has 2 saturated heterocycles. The van der Waals surface area contributed by atoms with Crippen molar-refractivity contribution in [1.82, 2.24) is 9.55 Å². The maximum Gasteiger partial charge on any atom is 0.472 e. The highest BCUT2D eigenvalue weighted by molar-refractivity contribution is 7.99. The molecule has 2 fully saturated rings. The van der Waals surface area contributed by atoms with Crippen LogP contribution in [-0.4, -0.2) is 102 Å². The number of aromatic nitrogens is 2. The predicted molar refractivity (Wildman–Crippen MR) is 125 cm³/mol. The third-order valence-corrected chi connectivity index (χ3v) is 7.84. The Morgan fingerprint density at radius 2 is 1.97 bits per heavy atom. The van der Waals surface area contributed by atoms with Gasteiger partial charge in [-0.05, 0) is 12.5 Å². The van der Waals surface area contributed by atoms with Crippen LogP contribution in [-0.2, 0) is 23.1 Å². The summed E-state index contributed by atoms with van der Waals surface area (Å²) in [4.78, 5) is 38.6. The van der Waals surface area contributed by atoms with Crippen LogP contribution in [0.15, 0.2) is 20.9 Å². The van der Waals surface area contributed by atoms with E-state index in [0.29, 0.717) is 0 Å². The van der Waals surface area contributed by atoms with Gasteiger partial charge in [0, 0.05) is 28.8 Å². The molecule has 3 heterocycles. The van der Waals surface area contributed by atoms with E-state index in [1.54, 1.807) is 0 Å². The molecule has 3 rings (SSSR count). The van der Waals surface area contributed by atoms with Crippen LogP contribution in [0.25, 0.3) is 10.4 Å². The monoisotopic (exact) mass is 569 g/mol. The van der Waals surface area contributed by atoms with E-state index in [4.69, 9.17) is 24.1 Å². The van der Waals surface area contributed by atoms with Crippen LogP contribution >= 0.6 is 19.6 Å². The Bertz CT molecular complexity index is 1140. The van der Waals surface area contributed by atoms with Gasteiger partial charge in [0.05, 0.1) is 32.0 Å². The molecule has 6 N–H and O–H groups in total. The van der Waals surface area contributed by atoms with E-state index in [1.807, 2.05) is 0 Å². The number of hydrogen-bond donors (Lipinski definition) is 6. The largest absolute Gasteiger partial charge is 0.472 e. The average Bonchev–Trinajstić information content (AvgIpc) is 3.25. The number of azide groups is 1. The lowest BCUT2D eigenvalue weighted by molar-refractivity contribution is -0.205. The molecule has 208 valence electrons. The molecule has 1 aromatic rings. The molecule has 2 aliphatic rings. The number of aliphatic hydroxyl groups is 4. The van der Waals surface area contributed by atoms with Crippen molar-refractivity contribution in [3.8, 4) is 0 Å². The van der Waals surface area contributed by atoms with Crippen LogP contribution in [0.1, 0.15) is 18.2 Å². The van der Waals surface area contributed by atoms with Crippen molar-refractivity contribution < 1.29 is 48.4 Å². The van der Waals surface area contributed by atoms with Crippen molar-refractivity contribution in [3.63, 3.8) is 0 Å². The highest BCUT2D eigenvalue weighted by atomic mass is 32.2. The maximum absolute atomic E-state index is 12.3. The summed E-state index contributed by atoms with van der Waals surface area (Å²) < 4.78 is 34.3. The van der Waals surface area contributed by atoms with Gasteiger partial charge < -0.3 is 34.8 Å². The number of ether oxygens (including phenoxy) is 2. The number of phosphoric ester groups is 1. The summed E-state index contributed by atoms with van der Waals surface area (Å²) in [5.74, 6) is 0.00836. The fourth-order valence-corrected chi connectivity index (χ4v) is 5.60.